The Morgan fingerprint density at radius 3 is 2.53 bits per heavy atom. The third-order valence-electron chi connectivity index (χ3n) is 2.26. The Morgan fingerprint density at radius 1 is 1.33 bits per heavy atom. The maximum atomic E-state index is 7.42. The fourth-order valence-corrected chi connectivity index (χ4v) is 1.51. The molecule has 15 heavy (non-hydrogen) atoms. The van der Waals surface area contributed by atoms with E-state index < -0.39 is 0 Å². The highest BCUT2D eigenvalue weighted by Crippen LogP contribution is 2.20. The second-order valence-electron chi connectivity index (χ2n) is 3.91. The Morgan fingerprint density at radius 2 is 2.00 bits per heavy atom. The first-order valence-electron chi connectivity index (χ1n) is 5.00. The maximum absolute atomic E-state index is 7.42. The SMILES string of the molecule is C=C(C)/C=C(\C=N)c1cc(C)ccc1C. The number of nitrogens with one attached hydrogen (secondary N) is 1. The van der Waals surface area contributed by atoms with E-state index in [1.54, 1.807) is 0 Å². The zero-order valence-corrected chi connectivity index (χ0v) is 9.59. The smallest absolute Gasteiger partial charge is 0.0256 e. The molecule has 0 unspecified atom stereocenters. The van der Waals surface area contributed by atoms with Crippen LogP contribution in [0.4, 0.5) is 0 Å². The molecule has 0 saturated carbocycles. The number of hydrogen-bond donors (Lipinski definition) is 1. The van der Waals surface area contributed by atoms with Gasteiger partial charge in [-0.05, 0) is 37.5 Å². The first-order chi connectivity index (χ1) is 7.04. The molecule has 0 fully saturated rings. The average molecular weight is 199 g/mol. The molecule has 1 N–H and O–H groups in total. The molecule has 0 aliphatic heterocycles. The Balaban J connectivity index is 3.29. The molecule has 0 spiro atoms. The highest BCUT2D eigenvalue weighted by molar-refractivity contribution is 6.09. The van der Waals surface area contributed by atoms with Crippen LogP contribution in [-0.4, -0.2) is 6.21 Å². The normalized spacial score (nSPS) is 11.3. The lowest BCUT2D eigenvalue weighted by molar-refractivity contribution is 1.36. The molecular formula is C14H17N. The van der Waals surface area contributed by atoms with Crippen LogP contribution in [0.25, 0.3) is 5.57 Å². The lowest BCUT2D eigenvalue weighted by Gasteiger charge is -2.07. The van der Waals surface area contributed by atoms with Gasteiger partial charge in [-0.25, -0.2) is 0 Å². The van der Waals surface area contributed by atoms with Gasteiger partial charge >= 0.3 is 0 Å². The van der Waals surface area contributed by atoms with Crippen LogP contribution in [-0.2, 0) is 0 Å². The van der Waals surface area contributed by atoms with Gasteiger partial charge in [0.15, 0.2) is 0 Å². The van der Waals surface area contributed by atoms with E-state index in [-0.39, 0.29) is 0 Å². The summed E-state index contributed by atoms with van der Waals surface area (Å²) in [6.45, 7) is 9.90. The summed E-state index contributed by atoms with van der Waals surface area (Å²) in [7, 11) is 0. The molecule has 0 radical (unpaired) electrons. The van der Waals surface area contributed by atoms with Crippen molar-refractivity contribution >= 4 is 11.8 Å². The minimum atomic E-state index is 0.920. The Hall–Kier alpha value is -1.63. The second-order valence-corrected chi connectivity index (χ2v) is 3.91. The maximum Gasteiger partial charge on any atom is 0.0256 e. The average Bonchev–Trinajstić information content (AvgIpc) is 2.18. The molecule has 0 aliphatic carbocycles. The van der Waals surface area contributed by atoms with Crippen molar-refractivity contribution in [1.29, 1.82) is 5.41 Å². The molecule has 0 heterocycles. The summed E-state index contributed by atoms with van der Waals surface area (Å²) >= 11 is 0. The first kappa shape index (κ1) is 11.4. The van der Waals surface area contributed by atoms with Crippen LogP contribution in [0.1, 0.15) is 23.6 Å². The Bertz CT molecular complexity index is 425. The largest absolute Gasteiger partial charge is 0.308 e. The molecule has 78 valence electrons. The predicted octanol–water partition coefficient (Wildman–Crippen LogP) is 3.91. The molecule has 0 saturated heterocycles. The summed E-state index contributed by atoms with van der Waals surface area (Å²) in [5.41, 5.74) is 5.41. The van der Waals surface area contributed by atoms with Crippen molar-refractivity contribution < 1.29 is 0 Å². The van der Waals surface area contributed by atoms with Crippen molar-refractivity contribution in [3.8, 4) is 0 Å². The fraction of sp³-hybridized carbons (Fsp3) is 0.214. The lowest BCUT2D eigenvalue weighted by Crippen LogP contribution is -1.91. The van der Waals surface area contributed by atoms with Gasteiger partial charge < -0.3 is 5.41 Å². The van der Waals surface area contributed by atoms with Gasteiger partial charge in [-0.15, -0.1) is 0 Å². The topological polar surface area (TPSA) is 23.9 Å². The van der Waals surface area contributed by atoms with Crippen molar-refractivity contribution in [2.24, 2.45) is 0 Å². The molecule has 1 aromatic rings. The van der Waals surface area contributed by atoms with Crippen molar-refractivity contribution in [2.45, 2.75) is 20.8 Å². The summed E-state index contributed by atoms with van der Waals surface area (Å²) < 4.78 is 0. The molecule has 0 aromatic heterocycles. The summed E-state index contributed by atoms with van der Waals surface area (Å²) in [6.07, 6.45) is 3.32. The minimum absolute atomic E-state index is 0.920. The van der Waals surface area contributed by atoms with Crippen molar-refractivity contribution in [1.82, 2.24) is 0 Å². The molecule has 0 atom stereocenters. The van der Waals surface area contributed by atoms with E-state index in [1.165, 1.54) is 17.3 Å². The van der Waals surface area contributed by atoms with Crippen LogP contribution in [0.3, 0.4) is 0 Å². The van der Waals surface area contributed by atoms with E-state index in [4.69, 9.17) is 5.41 Å². The van der Waals surface area contributed by atoms with Crippen LogP contribution >= 0.6 is 0 Å². The third-order valence-corrected chi connectivity index (χ3v) is 2.26. The highest BCUT2D eigenvalue weighted by atomic mass is 14.3. The molecule has 0 aliphatic rings. The lowest BCUT2D eigenvalue weighted by atomic mass is 9.98. The number of hydrogen-bond acceptors (Lipinski definition) is 1. The summed E-state index contributed by atoms with van der Waals surface area (Å²) in [5.74, 6) is 0. The van der Waals surface area contributed by atoms with Crippen LogP contribution in [0.15, 0.2) is 36.4 Å². The fourth-order valence-electron chi connectivity index (χ4n) is 1.51. The first-order valence-corrected chi connectivity index (χ1v) is 5.00. The Labute approximate surface area is 91.7 Å². The summed E-state index contributed by atoms with van der Waals surface area (Å²) in [5, 5.41) is 7.42. The van der Waals surface area contributed by atoms with Gasteiger partial charge in [0.1, 0.15) is 0 Å². The van der Waals surface area contributed by atoms with Crippen molar-refractivity contribution in [3.05, 3.63) is 53.1 Å². The van der Waals surface area contributed by atoms with Crippen molar-refractivity contribution in [3.63, 3.8) is 0 Å². The molecular weight excluding hydrogens is 182 g/mol. The van der Waals surface area contributed by atoms with Gasteiger partial charge in [0.05, 0.1) is 0 Å². The van der Waals surface area contributed by atoms with E-state index in [0.717, 1.165) is 16.7 Å². The number of aryl methyl sites for hydroxylation is 2. The van der Waals surface area contributed by atoms with Gasteiger partial charge in [0, 0.05) is 6.21 Å². The van der Waals surface area contributed by atoms with Gasteiger partial charge in [-0.3, -0.25) is 0 Å². The van der Waals surface area contributed by atoms with Crippen LogP contribution in [0.2, 0.25) is 0 Å². The summed E-state index contributed by atoms with van der Waals surface area (Å²) in [4.78, 5) is 0. The van der Waals surface area contributed by atoms with Gasteiger partial charge in [-0.1, -0.05) is 42.0 Å². The van der Waals surface area contributed by atoms with Gasteiger partial charge in [0.2, 0.25) is 0 Å². The minimum Gasteiger partial charge on any atom is -0.308 e. The van der Waals surface area contributed by atoms with Crippen LogP contribution in [0, 0.1) is 19.3 Å². The molecule has 1 aromatic carbocycles. The van der Waals surface area contributed by atoms with Crippen LogP contribution < -0.4 is 0 Å². The highest BCUT2D eigenvalue weighted by Gasteiger charge is 2.02. The second kappa shape index (κ2) is 4.74. The number of allylic oxidation sites excluding steroid dienone is 3. The van der Waals surface area contributed by atoms with E-state index >= 15 is 0 Å². The van der Waals surface area contributed by atoms with E-state index in [9.17, 15) is 0 Å². The van der Waals surface area contributed by atoms with E-state index in [2.05, 4.69) is 38.6 Å². The van der Waals surface area contributed by atoms with Crippen LogP contribution in [0.5, 0.6) is 0 Å². The van der Waals surface area contributed by atoms with Gasteiger partial charge in [-0.2, -0.15) is 0 Å². The number of benzene rings is 1. The molecule has 0 amide bonds. The molecule has 0 bridgehead atoms. The van der Waals surface area contributed by atoms with E-state index in [1.807, 2.05) is 13.0 Å². The molecule has 1 heteroatoms. The molecule has 1 nitrogen and oxygen atoms in total. The number of rotatable bonds is 3. The van der Waals surface area contributed by atoms with Crippen molar-refractivity contribution in [2.75, 3.05) is 0 Å². The van der Waals surface area contributed by atoms with E-state index in [0.29, 0.717) is 0 Å². The zero-order valence-electron chi connectivity index (χ0n) is 9.59. The van der Waals surface area contributed by atoms with Gasteiger partial charge in [0.25, 0.3) is 0 Å². The molecule has 1 rings (SSSR count). The predicted molar refractivity (Wildman–Crippen MR) is 67.5 cm³/mol. The standard InChI is InChI=1S/C14H17N/c1-10(2)7-13(9-15)14-8-11(3)5-6-12(14)4/h5-9,15H,1H2,2-4H3/b13-7+,15-9?. The zero-order chi connectivity index (χ0) is 11.4. The third kappa shape index (κ3) is 2.91. The Kier molecular flexibility index (Phi) is 3.62. The summed E-state index contributed by atoms with van der Waals surface area (Å²) in [6, 6.07) is 6.27. The quantitative estimate of drug-likeness (QED) is 0.563. The monoisotopic (exact) mass is 199 g/mol.